The molecule has 2 rings (SSSR count). The van der Waals surface area contributed by atoms with E-state index < -0.39 is 0 Å². The Morgan fingerprint density at radius 1 is 1.38 bits per heavy atom. The molecule has 0 radical (unpaired) electrons. The number of hydrogen-bond donors (Lipinski definition) is 2. The van der Waals surface area contributed by atoms with Crippen molar-refractivity contribution in [2.75, 3.05) is 18.1 Å². The number of hydrogen-bond acceptors (Lipinski definition) is 3. The molecule has 1 heterocycles. The number of anilines is 1. The summed E-state index contributed by atoms with van der Waals surface area (Å²) in [7, 11) is 0. The van der Waals surface area contributed by atoms with Crippen LogP contribution in [-0.2, 0) is 0 Å². The van der Waals surface area contributed by atoms with Crippen LogP contribution in [0.25, 0.3) is 11.0 Å². The van der Waals surface area contributed by atoms with Gasteiger partial charge in [-0.2, -0.15) is 11.8 Å². The van der Waals surface area contributed by atoms with Crippen molar-refractivity contribution in [1.82, 2.24) is 9.97 Å². The molecule has 0 saturated carbocycles. The molecule has 1 aromatic heterocycles. The number of para-hydroxylation sites is 2. The molecule has 0 amide bonds. The van der Waals surface area contributed by atoms with Gasteiger partial charge in [-0.15, -0.1) is 0 Å². The van der Waals surface area contributed by atoms with Crippen molar-refractivity contribution >= 4 is 28.7 Å². The predicted octanol–water partition coefficient (Wildman–Crippen LogP) is 3.12. The SMILES string of the molecule is CSC(C)(C)CNc1nc2ccccc2[nH]1. The second-order valence-corrected chi connectivity index (χ2v) is 5.93. The summed E-state index contributed by atoms with van der Waals surface area (Å²) in [5, 5.41) is 3.34. The van der Waals surface area contributed by atoms with Gasteiger partial charge >= 0.3 is 0 Å². The summed E-state index contributed by atoms with van der Waals surface area (Å²) in [6.45, 7) is 5.33. The van der Waals surface area contributed by atoms with Gasteiger partial charge in [0.1, 0.15) is 0 Å². The number of nitrogens with zero attached hydrogens (tertiary/aromatic N) is 1. The molecule has 4 heteroatoms. The first-order valence-corrected chi connectivity index (χ1v) is 6.57. The minimum absolute atomic E-state index is 0.221. The number of rotatable bonds is 4. The average molecular weight is 235 g/mol. The van der Waals surface area contributed by atoms with E-state index in [1.54, 1.807) is 0 Å². The van der Waals surface area contributed by atoms with Crippen LogP contribution in [0.1, 0.15) is 13.8 Å². The molecule has 3 nitrogen and oxygen atoms in total. The van der Waals surface area contributed by atoms with Crippen LogP contribution in [0.5, 0.6) is 0 Å². The Balaban J connectivity index is 2.10. The second kappa shape index (κ2) is 4.37. The number of aromatic nitrogens is 2. The molecule has 16 heavy (non-hydrogen) atoms. The Morgan fingerprint density at radius 3 is 2.81 bits per heavy atom. The Hall–Kier alpha value is -1.16. The lowest BCUT2D eigenvalue weighted by Crippen LogP contribution is -2.26. The zero-order valence-corrected chi connectivity index (χ0v) is 10.7. The summed E-state index contributed by atoms with van der Waals surface area (Å²) in [6, 6.07) is 8.05. The fourth-order valence-electron chi connectivity index (χ4n) is 1.41. The van der Waals surface area contributed by atoms with E-state index >= 15 is 0 Å². The predicted molar refractivity (Wildman–Crippen MR) is 72.2 cm³/mol. The molecule has 2 N–H and O–H groups in total. The molecule has 0 fully saturated rings. The van der Waals surface area contributed by atoms with Crippen LogP contribution in [0.4, 0.5) is 5.95 Å². The number of benzene rings is 1. The number of aromatic amines is 1. The first kappa shape index (κ1) is 11.3. The maximum Gasteiger partial charge on any atom is 0.201 e. The summed E-state index contributed by atoms with van der Waals surface area (Å²) >= 11 is 1.85. The Bertz CT molecular complexity index is 443. The van der Waals surface area contributed by atoms with E-state index in [0.29, 0.717) is 0 Å². The van der Waals surface area contributed by atoms with Crippen molar-refractivity contribution in [2.45, 2.75) is 18.6 Å². The van der Waals surface area contributed by atoms with E-state index in [1.165, 1.54) is 0 Å². The highest BCUT2D eigenvalue weighted by molar-refractivity contribution is 7.99. The summed E-state index contributed by atoms with van der Waals surface area (Å²) in [5.41, 5.74) is 2.08. The third kappa shape index (κ3) is 2.50. The van der Waals surface area contributed by atoms with Gasteiger partial charge in [0.25, 0.3) is 0 Å². The molecular formula is C12H17N3S. The number of nitrogens with one attached hydrogen (secondary N) is 2. The minimum Gasteiger partial charge on any atom is -0.354 e. The first-order chi connectivity index (χ1) is 7.61. The van der Waals surface area contributed by atoms with Crippen LogP contribution in [0.15, 0.2) is 24.3 Å². The smallest absolute Gasteiger partial charge is 0.201 e. The van der Waals surface area contributed by atoms with E-state index in [-0.39, 0.29) is 4.75 Å². The van der Waals surface area contributed by atoms with Gasteiger partial charge in [0, 0.05) is 11.3 Å². The number of fused-ring (bicyclic) bond motifs is 1. The Labute approximate surface area is 100 Å². The van der Waals surface area contributed by atoms with E-state index in [4.69, 9.17) is 0 Å². The van der Waals surface area contributed by atoms with Gasteiger partial charge in [0.15, 0.2) is 0 Å². The van der Waals surface area contributed by atoms with Gasteiger partial charge < -0.3 is 10.3 Å². The van der Waals surface area contributed by atoms with Gasteiger partial charge in [0.2, 0.25) is 5.95 Å². The Kier molecular flexibility index (Phi) is 3.10. The zero-order chi connectivity index (χ0) is 11.6. The van der Waals surface area contributed by atoms with Gasteiger partial charge in [-0.3, -0.25) is 0 Å². The topological polar surface area (TPSA) is 40.7 Å². The fraction of sp³-hybridized carbons (Fsp3) is 0.417. The normalized spacial score (nSPS) is 11.9. The van der Waals surface area contributed by atoms with Crippen molar-refractivity contribution in [3.05, 3.63) is 24.3 Å². The minimum atomic E-state index is 0.221. The molecule has 2 aromatic rings. The summed E-state index contributed by atoms with van der Waals surface area (Å²) in [4.78, 5) is 7.73. The molecule has 0 saturated heterocycles. The monoisotopic (exact) mass is 235 g/mol. The molecule has 0 aliphatic carbocycles. The number of imidazole rings is 1. The van der Waals surface area contributed by atoms with Crippen LogP contribution in [0, 0.1) is 0 Å². The van der Waals surface area contributed by atoms with Crippen molar-refractivity contribution < 1.29 is 0 Å². The Morgan fingerprint density at radius 2 is 2.12 bits per heavy atom. The largest absolute Gasteiger partial charge is 0.354 e. The molecule has 0 aliphatic heterocycles. The van der Waals surface area contributed by atoms with Crippen LogP contribution >= 0.6 is 11.8 Å². The van der Waals surface area contributed by atoms with Gasteiger partial charge in [-0.1, -0.05) is 12.1 Å². The van der Waals surface area contributed by atoms with E-state index in [2.05, 4.69) is 35.4 Å². The summed E-state index contributed by atoms with van der Waals surface area (Å²) in [6.07, 6.45) is 2.13. The van der Waals surface area contributed by atoms with Gasteiger partial charge in [-0.25, -0.2) is 4.98 Å². The van der Waals surface area contributed by atoms with Crippen molar-refractivity contribution in [3.63, 3.8) is 0 Å². The van der Waals surface area contributed by atoms with Crippen molar-refractivity contribution in [2.24, 2.45) is 0 Å². The highest BCUT2D eigenvalue weighted by Gasteiger charge is 2.15. The van der Waals surface area contributed by atoms with Gasteiger partial charge in [0.05, 0.1) is 11.0 Å². The molecule has 0 aliphatic rings. The highest BCUT2D eigenvalue weighted by atomic mass is 32.2. The van der Waals surface area contributed by atoms with E-state index in [1.807, 2.05) is 36.0 Å². The quantitative estimate of drug-likeness (QED) is 0.855. The first-order valence-electron chi connectivity index (χ1n) is 5.34. The lowest BCUT2D eigenvalue weighted by atomic mass is 10.2. The standard InChI is InChI=1S/C12H17N3S/c1-12(2,16-3)8-13-11-14-9-6-4-5-7-10(9)15-11/h4-7H,8H2,1-3H3,(H2,13,14,15). The third-order valence-corrected chi connectivity index (χ3v) is 3.87. The lowest BCUT2D eigenvalue weighted by Gasteiger charge is -2.21. The maximum atomic E-state index is 4.47. The van der Waals surface area contributed by atoms with Crippen LogP contribution in [0.3, 0.4) is 0 Å². The molecular weight excluding hydrogens is 218 g/mol. The van der Waals surface area contributed by atoms with Crippen LogP contribution < -0.4 is 5.32 Å². The summed E-state index contributed by atoms with van der Waals surface area (Å²) < 4.78 is 0.221. The molecule has 0 bridgehead atoms. The zero-order valence-electron chi connectivity index (χ0n) is 9.87. The number of thioether (sulfide) groups is 1. The number of H-pyrrole nitrogens is 1. The average Bonchev–Trinajstić information content (AvgIpc) is 2.69. The van der Waals surface area contributed by atoms with Crippen LogP contribution in [-0.4, -0.2) is 27.5 Å². The van der Waals surface area contributed by atoms with E-state index in [0.717, 1.165) is 23.5 Å². The molecule has 86 valence electrons. The molecule has 0 spiro atoms. The summed E-state index contributed by atoms with van der Waals surface area (Å²) in [5.74, 6) is 0.850. The second-order valence-electron chi connectivity index (χ2n) is 4.42. The fourth-order valence-corrected chi connectivity index (χ4v) is 1.62. The van der Waals surface area contributed by atoms with Crippen molar-refractivity contribution in [1.29, 1.82) is 0 Å². The van der Waals surface area contributed by atoms with Crippen LogP contribution in [0.2, 0.25) is 0 Å². The lowest BCUT2D eigenvalue weighted by molar-refractivity contribution is 0.748. The molecule has 0 unspecified atom stereocenters. The van der Waals surface area contributed by atoms with E-state index in [9.17, 15) is 0 Å². The highest BCUT2D eigenvalue weighted by Crippen LogP contribution is 2.21. The van der Waals surface area contributed by atoms with Gasteiger partial charge in [-0.05, 0) is 32.2 Å². The third-order valence-electron chi connectivity index (χ3n) is 2.62. The molecule has 0 atom stereocenters. The molecule has 1 aromatic carbocycles. The maximum absolute atomic E-state index is 4.47. The van der Waals surface area contributed by atoms with Crippen molar-refractivity contribution in [3.8, 4) is 0 Å².